The maximum Gasteiger partial charge on any atom is 0.308 e. The van der Waals surface area contributed by atoms with Gasteiger partial charge in [0.15, 0.2) is 12.1 Å². The number of aromatic nitrogens is 4. The first kappa shape index (κ1) is 53.6. The summed E-state index contributed by atoms with van der Waals surface area (Å²) in [5.74, 6) is -2.28. The quantitative estimate of drug-likeness (QED) is 0.106. The number of pyridine rings is 1. The highest BCUT2D eigenvalue weighted by Crippen LogP contribution is 2.35. The average molecular weight is 952 g/mol. The SMILES string of the molecule is CC[C@H]1OC(=O)C[C@@H](O)[C@H](C)[C@@H](O[C@@H]2O[C@H](C)[C@@H](O)[C@H](N(C)C)[C@H]2O)[C@@H](CCN(Cc2ccccc2)Cc2cn(-c3cnc4ccccc4c3)nn2)C[C@@H](C)C(=O)/C=C/C(C)=C/[C@@H]1CN(CC)CC. The summed E-state index contributed by atoms with van der Waals surface area (Å²) in [6.07, 6.45) is 3.76. The molecule has 15 heteroatoms. The van der Waals surface area contributed by atoms with Gasteiger partial charge >= 0.3 is 5.97 Å². The van der Waals surface area contributed by atoms with Gasteiger partial charge in [0.25, 0.3) is 0 Å². The van der Waals surface area contributed by atoms with Gasteiger partial charge < -0.3 is 39.3 Å². The predicted molar refractivity (Wildman–Crippen MR) is 267 cm³/mol. The zero-order chi connectivity index (χ0) is 49.8. The van der Waals surface area contributed by atoms with E-state index < -0.39 is 72.7 Å². The largest absolute Gasteiger partial charge is 0.462 e. The Morgan fingerprint density at radius 1 is 0.899 bits per heavy atom. The maximum atomic E-state index is 14.2. The second kappa shape index (κ2) is 25.4. The zero-order valence-corrected chi connectivity index (χ0v) is 42.2. The molecule has 0 unspecified atom stereocenters. The second-order valence-electron chi connectivity index (χ2n) is 19.5. The van der Waals surface area contributed by atoms with Crippen LogP contribution in [0.25, 0.3) is 16.6 Å². The standard InChI is InChI=1S/C54H77N7O8/c1-10-48-42(32-59(11-2)12-3)26-35(4)22-23-46(62)36(5)27-41(53(37(6)47(63)29-49(64)68-48)69-54-52(66)50(58(8)9)51(65)38(7)67-54)24-25-60(31-39-18-14-13-15-19-39)33-43-34-61(57-56-43)44-28-40-20-16-17-21-45(40)55-30-44/h13-23,26,28,30,34,36-38,41-42,47-48,50-54,63,65-66H,10-12,24-25,27,29,31-33H2,1-9H3/b23-22+,35-26+/t36-,37+,38-,41+,42-,47-,48-,50+,51-,52-,53-,54+/m1/s1. The van der Waals surface area contributed by atoms with E-state index in [9.17, 15) is 24.9 Å². The van der Waals surface area contributed by atoms with E-state index in [1.54, 1.807) is 42.9 Å². The molecule has 0 amide bonds. The normalized spacial score (nSPS) is 30.2. The van der Waals surface area contributed by atoms with E-state index in [1.807, 2.05) is 88.5 Å². The molecule has 0 spiro atoms. The number of carbonyl (C=O) groups excluding carboxylic acids is 2. The van der Waals surface area contributed by atoms with Crippen molar-refractivity contribution < 1.29 is 39.1 Å². The van der Waals surface area contributed by atoms with Gasteiger partial charge in [0.2, 0.25) is 0 Å². The number of hydrogen-bond donors (Lipinski definition) is 3. The van der Waals surface area contributed by atoms with Crippen LogP contribution in [0.4, 0.5) is 0 Å². The Bertz CT molecular complexity index is 2300. The third-order valence-corrected chi connectivity index (χ3v) is 14.1. The van der Waals surface area contributed by atoms with Crippen LogP contribution in [0, 0.1) is 23.7 Å². The third kappa shape index (κ3) is 14.4. The van der Waals surface area contributed by atoms with Crippen LogP contribution < -0.4 is 0 Å². The number of cyclic esters (lactones) is 1. The number of ketones is 1. The third-order valence-electron chi connectivity index (χ3n) is 14.1. The lowest BCUT2D eigenvalue weighted by Crippen LogP contribution is -2.63. The van der Waals surface area contributed by atoms with Crippen LogP contribution in [0.2, 0.25) is 0 Å². The van der Waals surface area contributed by atoms with Crippen molar-refractivity contribution in [2.24, 2.45) is 23.7 Å². The number of para-hydroxylation sites is 1. The number of aliphatic hydroxyl groups is 3. The topological polar surface area (TPSA) is 176 Å². The lowest BCUT2D eigenvalue weighted by atomic mass is 9.79. The van der Waals surface area contributed by atoms with Crippen molar-refractivity contribution in [3.8, 4) is 5.69 Å². The Morgan fingerprint density at radius 3 is 2.33 bits per heavy atom. The van der Waals surface area contributed by atoms with E-state index in [0.29, 0.717) is 45.4 Å². The molecular formula is C54H77N7O8. The van der Waals surface area contributed by atoms with Crippen molar-refractivity contribution in [3.05, 3.63) is 108 Å². The molecule has 2 aliphatic heterocycles. The number of allylic oxidation sites excluding steroid dienone is 3. The molecule has 2 aromatic carbocycles. The van der Waals surface area contributed by atoms with Gasteiger partial charge in [-0.25, -0.2) is 4.68 Å². The van der Waals surface area contributed by atoms with Crippen molar-refractivity contribution in [3.63, 3.8) is 0 Å². The van der Waals surface area contributed by atoms with E-state index in [2.05, 4.69) is 57.2 Å². The second-order valence-corrected chi connectivity index (χ2v) is 19.5. The van der Waals surface area contributed by atoms with Crippen LogP contribution in [-0.4, -0.2) is 151 Å². The highest BCUT2D eigenvalue weighted by Gasteiger charge is 2.47. The van der Waals surface area contributed by atoms with Crippen molar-refractivity contribution in [2.45, 2.75) is 136 Å². The number of nitrogens with zero attached hydrogens (tertiary/aromatic N) is 7. The number of carbonyl (C=O) groups is 2. The minimum atomic E-state index is -1.26. The summed E-state index contributed by atoms with van der Waals surface area (Å²) in [4.78, 5) is 39.1. The molecule has 1 saturated heterocycles. The van der Waals surface area contributed by atoms with Crippen LogP contribution in [0.15, 0.2) is 96.9 Å². The molecule has 0 radical (unpaired) electrons. The number of aliphatic hydroxyl groups excluding tert-OH is 3. The lowest BCUT2D eigenvalue weighted by molar-refractivity contribution is -0.304. The van der Waals surface area contributed by atoms with Gasteiger partial charge in [0, 0.05) is 42.8 Å². The summed E-state index contributed by atoms with van der Waals surface area (Å²) in [5.41, 5.74) is 4.41. The summed E-state index contributed by atoms with van der Waals surface area (Å²) in [6.45, 7) is 17.5. The zero-order valence-electron chi connectivity index (χ0n) is 42.2. The Labute approximate surface area is 409 Å². The first-order valence-electron chi connectivity index (χ1n) is 24.9. The molecule has 69 heavy (non-hydrogen) atoms. The number of likely N-dealkylation sites (N-methyl/N-ethyl adjacent to an activating group) is 1. The maximum absolute atomic E-state index is 14.2. The van der Waals surface area contributed by atoms with Crippen LogP contribution in [0.3, 0.4) is 0 Å². The molecule has 12 atom stereocenters. The molecular weight excluding hydrogens is 875 g/mol. The summed E-state index contributed by atoms with van der Waals surface area (Å²) in [7, 11) is 3.57. The number of fused-ring (bicyclic) bond motifs is 1. The summed E-state index contributed by atoms with van der Waals surface area (Å²) in [5, 5.41) is 45.2. The molecule has 4 heterocycles. The van der Waals surface area contributed by atoms with Crippen molar-refractivity contribution in [1.29, 1.82) is 0 Å². The smallest absolute Gasteiger partial charge is 0.308 e. The Balaban J connectivity index is 1.36. The highest BCUT2D eigenvalue weighted by molar-refractivity contribution is 5.91. The van der Waals surface area contributed by atoms with Crippen LogP contribution >= 0.6 is 0 Å². The highest BCUT2D eigenvalue weighted by atomic mass is 16.7. The summed E-state index contributed by atoms with van der Waals surface area (Å²) >= 11 is 0. The molecule has 4 aromatic rings. The molecule has 376 valence electrons. The van der Waals surface area contributed by atoms with Crippen LogP contribution in [0.1, 0.15) is 85.4 Å². The van der Waals surface area contributed by atoms with Gasteiger partial charge in [-0.2, -0.15) is 0 Å². The number of esters is 1. The molecule has 0 bridgehead atoms. The molecule has 0 saturated carbocycles. The van der Waals surface area contributed by atoms with Gasteiger partial charge in [0.05, 0.1) is 66.2 Å². The van der Waals surface area contributed by atoms with E-state index in [-0.39, 0.29) is 18.1 Å². The lowest BCUT2D eigenvalue weighted by Gasteiger charge is -2.46. The number of benzene rings is 2. The Morgan fingerprint density at radius 2 is 1.62 bits per heavy atom. The average Bonchev–Trinajstić information content (AvgIpc) is 3.81. The van der Waals surface area contributed by atoms with Gasteiger partial charge in [-0.15, -0.1) is 5.10 Å². The summed E-state index contributed by atoms with van der Waals surface area (Å²) < 4.78 is 21.1. The molecule has 2 aliphatic rings. The Kier molecular flexibility index (Phi) is 19.8. The van der Waals surface area contributed by atoms with Gasteiger partial charge in [-0.3, -0.25) is 19.5 Å². The first-order valence-corrected chi connectivity index (χ1v) is 24.9. The molecule has 0 aliphatic carbocycles. The van der Waals surface area contributed by atoms with Crippen molar-refractivity contribution in [1.82, 2.24) is 34.7 Å². The molecule has 15 nitrogen and oxygen atoms in total. The Hall–Kier alpha value is -4.71. The van der Waals surface area contributed by atoms with E-state index in [1.165, 1.54) is 0 Å². The van der Waals surface area contributed by atoms with Crippen molar-refractivity contribution in [2.75, 3.05) is 40.3 Å². The fourth-order valence-electron chi connectivity index (χ4n) is 9.95. The first-order chi connectivity index (χ1) is 33.1. The van der Waals surface area contributed by atoms with E-state index in [0.717, 1.165) is 46.5 Å². The minimum Gasteiger partial charge on any atom is -0.462 e. The van der Waals surface area contributed by atoms with E-state index in [4.69, 9.17) is 14.2 Å². The van der Waals surface area contributed by atoms with Gasteiger partial charge in [-0.05, 0) is 96.5 Å². The monoisotopic (exact) mass is 952 g/mol. The molecule has 3 N–H and O–H groups in total. The van der Waals surface area contributed by atoms with Gasteiger partial charge in [-0.1, -0.05) is 106 Å². The van der Waals surface area contributed by atoms with E-state index >= 15 is 0 Å². The van der Waals surface area contributed by atoms with Crippen molar-refractivity contribution >= 4 is 22.7 Å². The molecule has 1 fully saturated rings. The fourth-order valence-corrected chi connectivity index (χ4v) is 9.95. The van der Waals surface area contributed by atoms with Crippen LogP contribution in [-0.2, 0) is 36.9 Å². The minimum absolute atomic E-state index is 0.0511. The summed E-state index contributed by atoms with van der Waals surface area (Å²) in [6, 6.07) is 19.4. The number of ether oxygens (including phenoxy) is 3. The number of rotatable bonds is 16. The molecule has 6 rings (SSSR count). The fraction of sp³-hybridized carbons (Fsp3) is 0.574. The predicted octanol–water partition coefficient (Wildman–Crippen LogP) is 6.38. The van der Waals surface area contributed by atoms with Crippen LogP contribution in [0.5, 0.6) is 0 Å². The molecule has 2 aromatic heterocycles. The number of hydrogen-bond acceptors (Lipinski definition) is 14. The van der Waals surface area contributed by atoms with Gasteiger partial charge in [0.1, 0.15) is 12.2 Å².